The molecule has 248 valence electrons. The van der Waals surface area contributed by atoms with E-state index in [1.54, 1.807) is 30.3 Å². The average Bonchev–Trinajstić information content (AvgIpc) is 3.69. The molecule has 0 amide bonds. The van der Waals surface area contributed by atoms with Crippen LogP contribution in [-0.4, -0.2) is 47.4 Å². The lowest BCUT2D eigenvalue weighted by atomic mass is 9.99. The van der Waals surface area contributed by atoms with Gasteiger partial charge in [0.25, 0.3) is 0 Å². The number of aromatic nitrogens is 2. The molecular formula is C31H44FN4O8P. The molecule has 1 unspecified atom stereocenters. The highest BCUT2D eigenvalue weighted by molar-refractivity contribution is 7.52. The van der Waals surface area contributed by atoms with Crippen molar-refractivity contribution in [3.05, 3.63) is 58.4 Å². The highest BCUT2D eigenvalue weighted by Crippen LogP contribution is 2.56. The smallest absolute Gasteiger partial charge is 0.459 e. The van der Waals surface area contributed by atoms with Gasteiger partial charge in [-0.15, -0.1) is 0 Å². The number of hydrogen-bond donors (Lipinski definition) is 2. The van der Waals surface area contributed by atoms with E-state index in [1.807, 2.05) is 6.92 Å². The molecular weight excluding hydrogens is 606 g/mol. The van der Waals surface area contributed by atoms with Crippen LogP contribution in [-0.2, 0) is 28.2 Å². The Balaban J connectivity index is 1.82. The van der Waals surface area contributed by atoms with Crippen LogP contribution in [0.2, 0.25) is 0 Å². The molecule has 14 heteroatoms. The number of anilines is 1. The number of nitrogens with one attached hydrogen (secondary N) is 1. The number of rotatable bonds is 19. The number of nitrogen functional groups attached to an aromatic ring is 1. The first kappa shape index (κ1) is 35.9. The summed E-state index contributed by atoms with van der Waals surface area (Å²) in [6.07, 6.45) is 7.07. The third kappa shape index (κ3) is 10.8. The van der Waals surface area contributed by atoms with Crippen LogP contribution in [0, 0.1) is 17.2 Å². The molecule has 2 aromatic rings. The Hall–Kier alpha value is -3.54. The maximum absolute atomic E-state index is 14.1. The fourth-order valence-corrected chi connectivity index (χ4v) is 6.28. The second-order valence-electron chi connectivity index (χ2n) is 11.3. The highest BCUT2D eigenvalue weighted by Gasteiger charge is 2.52. The van der Waals surface area contributed by atoms with E-state index in [2.05, 4.69) is 23.9 Å². The minimum atomic E-state index is -4.25. The Morgan fingerprint density at radius 2 is 1.82 bits per heavy atom. The van der Waals surface area contributed by atoms with Gasteiger partial charge in [0, 0.05) is 12.6 Å². The molecule has 1 aromatic carbocycles. The number of nitrogens with zero attached hydrogens (tertiary/aromatic N) is 2. The lowest BCUT2D eigenvalue weighted by molar-refractivity contribution is -0.147. The number of esters is 2. The van der Waals surface area contributed by atoms with Gasteiger partial charge in [-0.1, -0.05) is 51.8 Å². The van der Waals surface area contributed by atoms with E-state index in [-0.39, 0.29) is 44.3 Å². The van der Waals surface area contributed by atoms with Crippen LogP contribution in [0.1, 0.15) is 72.6 Å². The quantitative estimate of drug-likeness (QED) is 0.146. The van der Waals surface area contributed by atoms with Crippen molar-refractivity contribution >= 4 is 31.7 Å². The monoisotopic (exact) mass is 650 g/mol. The molecule has 0 bridgehead atoms. The van der Waals surface area contributed by atoms with Crippen molar-refractivity contribution in [2.75, 3.05) is 25.6 Å². The van der Waals surface area contributed by atoms with Crippen molar-refractivity contribution in [2.24, 2.45) is 11.3 Å². The van der Waals surface area contributed by atoms with Gasteiger partial charge in [0.05, 0.1) is 24.8 Å². The standard InChI is InChI=1S/C31H44FN4O8P/c1-5-11-23(12-6-2)19-41-29(38)22(4)35-45(40,44-25-14-9-8-10-15-25)43-21-31(20-42-27(37)13-7-3)16-24(31)17-36-18-26(32)28(33)34-30(36)39/h8-10,14-15,17-18,22-23H,5-7,11-13,16,19-21H2,1-4H3,(H,35,40)(H2,33,34,39)/b24-17-/t22-,31?,45-/m0/s1. The first-order valence-electron chi connectivity index (χ1n) is 15.3. The van der Waals surface area contributed by atoms with Gasteiger partial charge in [0.15, 0.2) is 11.6 Å². The van der Waals surface area contributed by atoms with Crippen LogP contribution < -0.4 is 21.0 Å². The molecule has 1 saturated carbocycles. The Bertz CT molecular complexity index is 1430. The summed E-state index contributed by atoms with van der Waals surface area (Å²) >= 11 is 0. The molecule has 0 spiro atoms. The normalized spacial score (nSPS) is 18.8. The van der Waals surface area contributed by atoms with Crippen LogP contribution in [0.15, 0.2) is 46.9 Å². The molecule has 0 radical (unpaired) electrons. The van der Waals surface area contributed by atoms with Crippen molar-refractivity contribution in [1.29, 1.82) is 0 Å². The van der Waals surface area contributed by atoms with E-state index in [0.29, 0.717) is 12.0 Å². The molecule has 45 heavy (non-hydrogen) atoms. The van der Waals surface area contributed by atoms with Gasteiger partial charge < -0.3 is 19.7 Å². The maximum atomic E-state index is 14.1. The lowest BCUT2D eigenvalue weighted by Crippen LogP contribution is -2.36. The van der Waals surface area contributed by atoms with Crippen molar-refractivity contribution in [3.63, 3.8) is 0 Å². The number of para-hydroxylation sites is 1. The summed E-state index contributed by atoms with van der Waals surface area (Å²) in [4.78, 5) is 40.9. The first-order chi connectivity index (χ1) is 21.4. The number of nitrogens with two attached hydrogens (primary N) is 1. The fourth-order valence-electron chi connectivity index (χ4n) is 4.71. The summed E-state index contributed by atoms with van der Waals surface area (Å²) in [5.41, 5.74) is 4.14. The molecule has 12 nitrogen and oxygen atoms in total. The van der Waals surface area contributed by atoms with Crippen molar-refractivity contribution in [1.82, 2.24) is 14.6 Å². The third-order valence-corrected chi connectivity index (χ3v) is 8.94. The number of halogens is 1. The Kier molecular flexibility index (Phi) is 13.3. The summed E-state index contributed by atoms with van der Waals surface area (Å²) in [5, 5.41) is 2.68. The predicted molar refractivity (Wildman–Crippen MR) is 168 cm³/mol. The van der Waals surface area contributed by atoms with Gasteiger partial charge in [-0.05, 0) is 56.2 Å². The number of carbonyl (C=O) groups excluding carboxylic acids is 2. The largest absolute Gasteiger partial charge is 0.465 e. The molecule has 0 saturated heterocycles. The number of carbonyl (C=O) groups is 2. The van der Waals surface area contributed by atoms with E-state index in [4.69, 9.17) is 24.3 Å². The Morgan fingerprint density at radius 3 is 2.47 bits per heavy atom. The zero-order chi connectivity index (χ0) is 33.0. The van der Waals surface area contributed by atoms with Crippen molar-refractivity contribution < 1.29 is 37.1 Å². The Morgan fingerprint density at radius 1 is 1.13 bits per heavy atom. The number of hydrogen-bond acceptors (Lipinski definition) is 10. The van der Waals surface area contributed by atoms with Crippen LogP contribution >= 0.6 is 7.75 Å². The maximum Gasteiger partial charge on any atom is 0.459 e. The minimum Gasteiger partial charge on any atom is -0.465 e. The van der Waals surface area contributed by atoms with Gasteiger partial charge in [-0.3, -0.25) is 18.7 Å². The average molecular weight is 651 g/mol. The topological polar surface area (TPSA) is 161 Å². The van der Waals surface area contributed by atoms with Crippen molar-refractivity contribution in [3.8, 4) is 5.75 Å². The van der Waals surface area contributed by atoms with E-state index in [0.717, 1.165) is 36.4 Å². The molecule has 3 atom stereocenters. The van der Waals surface area contributed by atoms with Gasteiger partial charge in [0.1, 0.15) is 18.4 Å². The molecule has 1 aromatic heterocycles. The van der Waals surface area contributed by atoms with E-state index in [9.17, 15) is 23.3 Å². The number of benzene rings is 1. The predicted octanol–water partition coefficient (Wildman–Crippen LogP) is 5.48. The molecule has 1 aliphatic rings. The van der Waals surface area contributed by atoms with Crippen LogP contribution in [0.4, 0.5) is 10.2 Å². The highest BCUT2D eigenvalue weighted by atomic mass is 31.2. The third-order valence-electron chi connectivity index (χ3n) is 7.32. The summed E-state index contributed by atoms with van der Waals surface area (Å²) < 4.78 is 51.8. The van der Waals surface area contributed by atoms with E-state index in [1.165, 1.54) is 13.1 Å². The second kappa shape index (κ2) is 16.7. The van der Waals surface area contributed by atoms with Gasteiger partial charge >= 0.3 is 25.4 Å². The zero-order valence-corrected chi connectivity index (χ0v) is 27.2. The molecule has 1 fully saturated rings. The number of ether oxygens (including phenoxy) is 2. The van der Waals surface area contributed by atoms with Crippen LogP contribution in [0.5, 0.6) is 5.75 Å². The molecule has 1 aliphatic carbocycles. The molecule has 3 rings (SSSR count). The molecule has 1 heterocycles. The molecule has 3 N–H and O–H groups in total. The SMILES string of the molecule is CCCC(=O)OCC1(CO[P@@](=O)(N[C@@H](C)C(=O)OCC(CCC)CCC)Oc2ccccc2)C/C1=C/n1cc(F)c(N)nc1=O. The summed E-state index contributed by atoms with van der Waals surface area (Å²) in [6.45, 7) is 7.29. The lowest BCUT2D eigenvalue weighted by Gasteiger charge is -2.25. The first-order valence-corrected chi connectivity index (χ1v) is 16.8. The van der Waals surface area contributed by atoms with Crippen LogP contribution in [0.3, 0.4) is 0 Å². The summed E-state index contributed by atoms with van der Waals surface area (Å²) in [6, 6.07) is 7.24. The summed E-state index contributed by atoms with van der Waals surface area (Å²) in [7, 11) is -4.25. The van der Waals surface area contributed by atoms with E-state index < -0.39 is 48.5 Å². The van der Waals surface area contributed by atoms with Crippen molar-refractivity contribution in [2.45, 2.75) is 78.7 Å². The zero-order valence-electron chi connectivity index (χ0n) is 26.3. The second-order valence-corrected chi connectivity index (χ2v) is 13.0. The van der Waals surface area contributed by atoms with E-state index >= 15 is 0 Å². The van der Waals surface area contributed by atoms with Gasteiger partial charge in [-0.2, -0.15) is 10.1 Å². The minimum absolute atomic E-state index is 0.156. The van der Waals surface area contributed by atoms with Gasteiger partial charge in [0.2, 0.25) is 0 Å². The van der Waals surface area contributed by atoms with Crippen LogP contribution in [0.25, 0.3) is 6.20 Å². The fraction of sp³-hybridized carbons (Fsp3) is 0.548. The summed E-state index contributed by atoms with van der Waals surface area (Å²) in [5.74, 6) is -2.01. The molecule has 0 aliphatic heterocycles. The van der Waals surface area contributed by atoms with Gasteiger partial charge in [-0.25, -0.2) is 13.8 Å². The Labute approximate surface area is 263 Å².